The maximum absolute atomic E-state index is 13.6. The highest BCUT2D eigenvalue weighted by molar-refractivity contribution is 9.10. The molecule has 0 saturated carbocycles. The van der Waals surface area contributed by atoms with Gasteiger partial charge in [0.1, 0.15) is 6.61 Å². The van der Waals surface area contributed by atoms with Gasteiger partial charge in [0.25, 0.3) is 5.91 Å². The van der Waals surface area contributed by atoms with Crippen molar-refractivity contribution in [1.82, 2.24) is 15.1 Å². The van der Waals surface area contributed by atoms with Crippen LogP contribution in [-0.2, 0) is 13.2 Å². The summed E-state index contributed by atoms with van der Waals surface area (Å²) < 4.78 is 60.9. The molecule has 1 N–H and O–H groups in total. The number of ether oxygens (including phenoxy) is 1. The van der Waals surface area contributed by atoms with Gasteiger partial charge in [-0.05, 0) is 33.6 Å². The van der Waals surface area contributed by atoms with E-state index in [1.54, 1.807) is 17.1 Å². The standard InChI is InChI=1S/C19H14BrF4N3O2/c20-13-8-26-27(9-13)6-5-25-19(28)12-3-1-11(2-4-12)10-29-18-16(23)14(21)7-15(22)17(18)24/h1-4,7-9H,5-6,10H2,(H,25,28). The molecule has 152 valence electrons. The Hall–Kier alpha value is -2.88. The van der Waals surface area contributed by atoms with Crippen LogP contribution in [-0.4, -0.2) is 22.2 Å². The Kier molecular flexibility index (Phi) is 6.53. The van der Waals surface area contributed by atoms with Gasteiger partial charge in [0, 0.05) is 24.4 Å². The Bertz CT molecular complexity index is 999. The zero-order chi connectivity index (χ0) is 21.0. The van der Waals surface area contributed by atoms with Crippen molar-refractivity contribution in [3.63, 3.8) is 0 Å². The molecule has 0 aliphatic rings. The number of benzene rings is 2. The van der Waals surface area contributed by atoms with Crippen LogP contribution in [0.5, 0.6) is 5.75 Å². The maximum atomic E-state index is 13.6. The largest absolute Gasteiger partial charge is 0.483 e. The van der Waals surface area contributed by atoms with Crippen molar-refractivity contribution in [1.29, 1.82) is 0 Å². The monoisotopic (exact) mass is 471 g/mol. The zero-order valence-corrected chi connectivity index (χ0v) is 16.3. The van der Waals surface area contributed by atoms with Gasteiger partial charge in [-0.3, -0.25) is 9.48 Å². The molecule has 0 radical (unpaired) electrons. The number of halogens is 5. The van der Waals surface area contributed by atoms with Crippen LogP contribution in [0.25, 0.3) is 0 Å². The minimum atomic E-state index is -1.61. The van der Waals surface area contributed by atoms with Crippen molar-refractivity contribution in [2.24, 2.45) is 0 Å². The second-order valence-electron chi connectivity index (χ2n) is 5.96. The van der Waals surface area contributed by atoms with E-state index < -0.39 is 29.0 Å². The van der Waals surface area contributed by atoms with Gasteiger partial charge in [0.2, 0.25) is 11.6 Å². The lowest BCUT2D eigenvalue weighted by Crippen LogP contribution is -2.27. The zero-order valence-electron chi connectivity index (χ0n) is 14.8. The number of nitrogens with zero attached hydrogens (tertiary/aromatic N) is 2. The molecule has 0 fully saturated rings. The fourth-order valence-electron chi connectivity index (χ4n) is 2.43. The van der Waals surface area contributed by atoms with Gasteiger partial charge in [-0.15, -0.1) is 0 Å². The second-order valence-corrected chi connectivity index (χ2v) is 6.88. The maximum Gasteiger partial charge on any atom is 0.251 e. The summed E-state index contributed by atoms with van der Waals surface area (Å²) in [5, 5.41) is 6.80. The average molecular weight is 472 g/mol. The summed E-state index contributed by atoms with van der Waals surface area (Å²) >= 11 is 3.28. The summed E-state index contributed by atoms with van der Waals surface area (Å²) in [6.07, 6.45) is 3.41. The van der Waals surface area contributed by atoms with Gasteiger partial charge in [-0.2, -0.15) is 13.9 Å². The van der Waals surface area contributed by atoms with Gasteiger partial charge in [0.05, 0.1) is 17.2 Å². The fraction of sp³-hybridized carbons (Fsp3) is 0.158. The van der Waals surface area contributed by atoms with E-state index in [9.17, 15) is 22.4 Å². The van der Waals surface area contributed by atoms with Crippen molar-refractivity contribution in [2.75, 3.05) is 6.54 Å². The number of carbonyl (C=O) groups is 1. The van der Waals surface area contributed by atoms with E-state index in [0.717, 1.165) is 4.47 Å². The van der Waals surface area contributed by atoms with Crippen LogP contribution in [0.2, 0.25) is 0 Å². The fourth-order valence-corrected chi connectivity index (χ4v) is 2.76. The second kappa shape index (κ2) is 9.08. The first-order valence-corrected chi connectivity index (χ1v) is 9.15. The van der Waals surface area contributed by atoms with E-state index in [1.165, 1.54) is 24.3 Å². The Morgan fingerprint density at radius 3 is 2.34 bits per heavy atom. The molecular formula is C19H14BrF4N3O2. The number of aromatic nitrogens is 2. The number of amides is 1. The molecule has 0 unspecified atom stereocenters. The van der Waals surface area contributed by atoms with Gasteiger partial charge in [-0.1, -0.05) is 12.1 Å². The lowest BCUT2D eigenvalue weighted by Gasteiger charge is -2.10. The molecule has 0 saturated heterocycles. The molecule has 1 aromatic heterocycles. The van der Waals surface area contributed by atoms with Crippen LogP contribution in [0.15, 0.2) is 47.2 Å². The SMILES string of the molecule is O=C(NCCn1cc(Br)cn1)c1ccc(COc2c(F)c(F)cc(F)c2F)cc1. The molecule has 0 spiro atoms. The topological polar surface area (TPSA) is 56.2 Å². The Morgan fingerprint density at radius 1 is 1.10 bits per heavy atom. The van der Waals surface area contributed by atoms with E-state index in [4.69, 9.17) is 4.74 Å². The quantitative estimate of drug-likeness (QED) is 0.414. The Labute approximate surface area is 171 Å². The van der Waals surface area contributed by atoms with Gasteiger partial charge < -0.3 is 10.1 Å². The third-order valence-electron chi connectivity index (χ3n) is 3.90. The van der Waals surface area contributed by atoms with Crippen molar-refractivity contribution >= 4 is 21.8 Å². The molecule has 0 aliphatic carbocycles. The molecule has 10 heteroatoms. The first kappa shape index (κ1) is 20.8. The minimum Gasteiger partial charge on any atom is -0.483 e. The van der Waals surface area contributed by atoms with Crippen molar-refractivity contribution in [2.45, 2.75) is 13.2 Å². The molecule has 0 atom stereocenters. The van der Waals surface area contributed by atoms with E-state index in [2.05, 4.69) is 26.3 Å². The predicted molar refractivity (Wildman–Crippen MR) is 99.3 cm³/mol. The lowest BCUT2D eigenvalue weighted by molar-refractivity contribution is 0.0952. The van der Waals surface area contributed by atoms with Crippen LogP contribution in [0, 0.1) is 23.3 Å². The van der Waals surface area contributed by atoms with E-state index >= 15 is 0 Å². The molecule has 1 amide bonds. The van der Waals surface area contributed by atoms with Crippen LogP contribution in [0.3, 0.4) is 0 Å². The molecule has 0 aliphatic heterocycles. The summed E-state index contributed by atoms with van der Waals surface area (Å²) in [6.45, 7) is 0.513. The summed E-state index contributed by atoms with van der Waals surface area (Å²) in [5.74, 6) is -7.75. The third kappa shape index (κ3) is 5.14. The van der Waals surface area contributed by atoms with Gasteiger partial charge in [-0.25, -0.2) is 8.78 Å². The van der Waals surface area contributed by atoms with Crippen LogP contribution >= 0.6 is 15.9 Å². The predicted octanol–water partition coefficient (Wildman–Crippen LogP) is 4.21. The summed E-state index contributed by atoms with van der Waals surface area (Å²) in [4.78, 5) is 12.1. The minimum absolute atomic E-state index is 0.107. The van der Waals surface area contributed by atoms with E-state index in [0.29, 0.717) is 24.2 Å². The third-order valence-corrected chi connectivity index (χ3v) is 4.31. The molecule has 3 rings (SSSR count). The lowest BCUT2D eigenvalue weighted by atomic mass is 10.1. The summed E-state index contributed by atoms with van der Waals surface area (Å²) in [7, 11) is 0. The number of carbonyl (C=O) groups excluding carboxylic acids is 1. The molecule has 5 nitrogen and oxygen atoms in total. The average Bonchev–Trinajstić information content (AvgIpc) is 3.12. The van der Waals surface area contributed by atoms with Crippen molar-refractivity contribution in [3.05, 3.63) is 81.6 Å². The highest BCUT2D eigenvalue weighted by Crippen LogP contribution is 2.27. The van der Waals surface area contributed by atoms with Gasteiger partial charge in [0.15, 0.2) is 17.4 Å². The highest BCUT2D eigenvalue weighted by Gasteiger charge is 2.20. The van der Waals surface area contributed by atoms with Crippen LogP contribution in [0.1, 0.15) is 15.9 Å². The number of hydrogen-bond acceptors (Lipinski definition) is 3. The molecule has 1 heterocycles. The van der Waals surface area contributed by atoms with Crippen LogP contribution < -0.4 is 10.1 Å². The molecule has 0 bridgehead atoms. The molecule has 29 heavy (non-hydrogen) atoms. The summed E-state index contributed by atoms with van der Waals surface area (Å²) in [6, 6.07) is 6.11. The Balaban J connectivity index is 1.55. The number of rotatable bonds is 7. The molecular weight excluding hydrogens is 458 g/mol. The Morgan fingerprint density at radius 2 is 1.76 bits per heavy atom. The number of hydrogen-bond donors (Lipinski definition) is 1. The molecule has 3 aromatic rings. The first-order valence-electron chi connectivity index (χ1n) is 8.36. The van der Waals surface area contributed by atoms with Crippen molar-refractivity contribution < 1.29 is 27.1 Å². The van der Waals surface area contributed by atoms with E-state index in [1.807, 2.05) is 0 Å². The normalized spacial score (nSPS) is 10.8. The highest BCUT2D eigenvalue weighted by atomic mass is 79.9. The molecule has 2 aromatic carbocycles. The van der Waals surface area contributed by atoms with Crippen molar-refractivity contribution in [3.8, 4) is 5.75 Å². The van der Waals surface area contributed by atoms with Crippen LogP contribution in [0.4, 0.5) is 17.6 Å². The first-order chi connectivity index (χ1) is 13.8. The summed E-state index contributed by atoms with van der Waals surface area (Å²) in [5.41, 5.74) is 0.816. The number of nitrogens with one attached hydrogen (secondary N) is 1. The van der Waals surface area contributed by atoms with E-state index in [-0.39, 0.29) is 18.6 Å². The smallest absolute Gasteiger partial charge is 0.251 e. The van der Waals surface area contributed by atoms with Gasteiger partial charge >= 0.3 is 0 Å².